The van der Waals surface area contributed by atoms with Gasteiger partial charge in [-0.25, -0.2) is 13.2 Å². The van der Waals surface area contributed by atoms with Crippen molar-refractivity contribution in [2.24, 2.45) is 0 Å². The number of benzene rings is 8. The number of para-hydroxylation sites is 1. The van der Waals surface area contributed by atoms with E-state index in [2.05, 4.69) is 63.2 Å². The summed E-state index contributed by atoms with van der Waals surface area (Å²) < 4.78 is 97.3. The molecule has 1 aromatic heterocycles. The molecule has 1 heterocycles. The topological polar surface area (TPSA) is 4.93 Å². The zero-order valence-electron chi connectivity index (χ0n) is 37.9. The Bertz CT molecular complexity index is 3410. The van der Waals surface area contributed by atoms with E-state index in [-0.39, 0.29) is 29.7 Å². The summed E-state index contributed by atoms with van der Waals surface area (Å²) in [4.78, 5) is 0. The molecule has 67 heavy (non-hydrogen) atoms. The lowest BCUT2D eigenvalue weighted by molar-refractivity contribution is -0.138. The standard InChI is InChI=1S/C58H45F6I2N/c1-30-22-33(4)49(34(5)23-30)38-18-20-42(32(3)26-38)43-13-9-8-12-37(43)16-17-40-27-41(51-53(59)56(65)55(61)57(66)54(51)60)29-48(52(40)58(62,63)64)67-46-15-11-10-14-44(46)45-21-19-39(28-47(45)67)50-35(6)24-31(2)25-36(50)7/h8-15,18-29H,16-17H2,1-7H3. The third-order valence-corrected chi connectivity index (χ3v) is 14.9. The van der Waals surface area contributed by atoms with Crippen molar-refractivity contribution in [1.82, 2.24) is 4.57 Å². The summed E-state index contributed by atoms with van der Waals surface area (Å²) in [5.41, 5.74) is 13.3. The van der Waals surface area contributed by atoms with E-state index in [0.717, 1.165) is 55.6 Å². The Labute approximate surface area is 414 Å². The number of halogens is 8. The van der Waals surface area contributed by atoms with Crippen LogP contribution >= 0.6 is 45.2 Å². The average molecular weight is 1120 g/mol. The van der Waals surface area contributed by atoms with Gasteiger partial charge in [0.05, 0.1) is 35.0 Å². The maximum atomic E-state index is 16.4. The number of rotatable bonds is 8. The van der Waals surface area contributed by atoms with Crippen LogP contribution in [0.5, 0.6) is 0 Å². The molecule has 0 atom stereocenters. The molecular weight excluding hydrogens is 1080 g/mol. The SMILES string of the molecule is Cc1cc(C)c(-c2ccc(-c3ccccc3CCc3cc(-c4c(F)c(I)c(F)c(I)c4F)cc(-n4c5ccccc5c5ccc(-c6c(C)cc(C)cc6C)cc54)c3C(F)(F)F)c(C)c2)c(C)c1. The van der Waals surface area contributed by atoms with Crippen molar-refractivity contribution in [2.45, 2.75) is 67.5 Å². The highest BCUT2D eigenvalue weighted by Gasteiger charge is 2.39. The molecule has 9 aromatic rings. The molecule has 0 saturated carbocycles. The molecule has 338 valence electrons. The highest BCUT2D eigenvalue weighted by molar-refractivity contribution is 14.1. The van der Waals surface area contributed by atoms with Crippen molar-refractivity contribution < 1.29 is 26.3 Å². The fraction of sp³-hybridized carbons (Fsp3) is 0.172. The molecule has 9 rings (SSSR count). The molecule has 0 aliphatic heterocycles. The largest absolute Gasteiger partial charge is 0.418 e. The normalized spacial score (nSPS) is 11.9. The van der Waals surface area contributed by atoms with Crippen LogP contribution in [0.2, 0.25) is 0 Å². The van der Waals surface area contributed by atoms with Crippen LogP contribution in [0.25, 0.3) is 72.0 Å². The molecule has 0 spiro atoms. The molecule has 0 N–H and O–H groups in total. The summed E-state index contributed by atoms with van der Waals surface area (Å²) in [6.07, 6.45) is -4.87. The van der Waals surface area contributed by atoms with Crippen molar-refractivity contribution in [3.63, 3.8) is 0 Å². The van der Waals surface area contributed by atoms with Gasteiger partial charge in [0.15, 0.2) is 5.82 Å². The molecule has 0 radical (unpaired) electrons. The second-order valence-corrected chi connectivity index (χ2v) is 19.9. The van der Waals surface area contributed by atoms with Gasteiger partial charge in [-0.2, -0.15) is 13.2 Å². The van der Waals surface area contributed by atoms with Crippen molar-refractivity contribution in [2.75, 3.05) is 0 Å². The van der Waals surface area contributed by atoms with Crippen LogP contribution in [0.15, 0.2) is 121 Å². The smallest absolute Gasteiger partial charge is 0.309 e. The molecule has 0 bridgehead atoms. The summed E-state index contributed by atoms with van der Waals surface area (Å²) in [5.74, 6) is -3.42. The quantitative estimate of drug-likeness (QED) is 0.0618. The van der Waals surface area contributed by atoms with Gasteiger partial charge < -0.3 is 4.57 Å². The van der Waals surface area contributed by atoms with E-state index >= 15 is 26.3 Å². The summed E-state index contributed by atoms with van der Waals surface area (Å²) in [6, 6.07) is 38.0. The van der Waals surface area contributed by atoms with Gasteiger partial charge in [0.1, 0.15) is 11.6 Å². The molecule has 1 nitrogen and oxygen atoms in total. The fourth-order valence-corrected chi connectivity index (χ4v) is 12.0. The minimum Gasteiger partial charge on any atom is -0.309 e. The monoisotopic (exact) mass is 1120 g/mol. The Morgan fingerprint density at radius 3 is 1.57 bits per heavy atom. The number of aromatic nitrogens is 1. The van der Waals surface area contributed by atoms with E-state index in [0.29, 0.717) is 21.8 Å². The number of aryl methyl sites for hydroxylation is 9. The van der Waals surface area contributed by atoms with E-state index < -0.39 is 41.9 Å². The zero-order chi connectivity index (χ0) is 47.8. The van der Waals surface area contributed by atoms with Crippen LogP contribution in [0.4, 0.5) is 26.3 Å². The maximum Gasteiger partial charge on any atom is 0.418 e. The van der Waals surface area contributed by atoms with Crippen LogP contribution < -0.4 is 0 Å². The first-order valence-electron chi connectivity index (χ1n) is 22.0. The van der Waals surface area contributed by atoms with Crippen LogP contribution in [0.3, 0.4) is 0 Å². The highest BCUT2D eigenvalue weighted by Crippen LogP contribution is 2.46. The lowest BCUT2D eigenvalue weighted by atomic mass is 9.88. The van der Waals surface area contributed by atoms with Crippen LogP contribution in [-0.4, -0.2) is 4.57 Å². The van der Waals surface area contributed by atoms with E-state index in [1.165, 1.54) is 79.6 Å². The molecule has 0 saturated heterocycles. The Morgan fingerprint density at radius 2 is 0.970 bits per heavy atom. The Balaban J connectivity index is 1.27. The molecule has 0 fully saturated rings. The zero-order valence-corrected chi connectivity index (χ0v) is 42.2. The van der Waals surface area contributed by atoms with Gasteiger partial charge in [-0.3, -0.25) is 0 Å². The van der Waals surface area contributed by atoms with E-state index in [9.17, 15) is 0 Å². The molecule has 0 amide bonds. The predicted molar refractivity (Wildman–Crippen MR) is 280 cm³/mol. The molecule has 0 aliphatic carbocycles. The summed E-state index contributed by atoms with van der Waals surface area (Å²) in [5, 5.41) is 1.43. The average Bonchev–Trinajstić information content (AvgIpc) is 3.59. The predicted octanol–water partition coefficient (Wildman–Crippen LogP) is 18.0. The van der Waals surface area contributed by atoms with Crippen molar-refractivity contribution >= 4 is 67.0 Å². The minimum atomic E-state index is -4.91. The second-order valence-electron chi connectivity index (χ2n) is 17.8. The number of hydrogen-bond donors (Lipinski definition) is 0. The van der Waals surface area contributed by atoms with E-state index in [1.807, 2.05) is 82.3 Å². The second kappa shape index (κ2) is 17.9. The first-order valence-corrected chi connectivity index (χ1v) is 24.1. The van der Waals surface area contributed by atoms with Crippen molar-refractivity contribution in [1.29, 1.82) is 0 Å². The Kier molecular flexibility index (Phi) is 12.5. The minimum absolute atomic E-state index is 0.127. The third-order valence-electron chi connectivity index (χ3n) is 13.0. The van der Waals surface area contributed by atoms with Gasteiger partial charge in [-0.05, 0) is 203 Å². The van der Waals surface area contributed by atoms with Gasteiger partial charge in [0, 0.05) is 10.8 Å². The van der Waals surface area contributed by atoms with Gasteiger partial charge in [0.2, 0.25) is 0 Å². The van der Waals surface area contributed by atoms with Crippen LogP contribution in [-0.2, 0) is 19.0 Å². The molecule has 0 aliphatic rings. The first kappa shape index (κ1) is 46.7. The third kappa shape index (κ3) is 8.38. The number of nitrogens with zero attached hydrogens (tertiary/aromatic N) is 1. The highest BCUT2D eigenvalue weighted by atomic mass is 127. The summed E-state index contributed by atoms with van der Waals surface area (Å²) in [7, 11) is 0. The fourth-order valence-electron chi connectivity index (χ4n) is 10.4. The van der Waals surface area contributed by atoms with Crippen molar-refractivity contribution in [3.8, 4) is 50.2 Å². The molecule has 8 aromatic carbocycles. The number of fused-ring (bicyclic) bond motifs is 3. The lowest BCUT2D eigenvalue weighted by Gasteiger charge is -2.23. The molecule has 9 heteroatoms. The molecule has 0 unspecified atom stereocenters. The van der Waals surface area contributed by atoms with Gasteiger partial charge >= 0.3 is 6.18 Å². The van der Waals surface area contributed by atoms with E-state index in [1.54, 1.807) is 16.7 Å². The van der Waals surface area contributed by atoms with Gasteiger partial charge in [-0.15, -0.1) is 0 Å². The Morgan fingerprint density at radius 1 is 0.448 bits per heavy atom. The lowest BCUT2D eigenvalue weighted by Crippen LogP contribution is -2.16. The number of hydrogen-bond acceptors (Lipinski definition) is 0. The van der Waals surface area contributed by atoms with Gasteiger partial charge in [0.25, 0.3) is 0 Å². The van der Waals surface area contributed by atoms with Crippen LogP contribution in [0.1, 0.15) is 55.6 Å². The molecular formula is C58H45F6I2N. The van der Waals surface area contributed by atoms with Crippen LogP contribution in [0, 0.1) is 73.1 Å². The Hall–Kier alpha value is -5.40. The van der Waals surface area contributed by atoms with E-state index in [4.69, 9.17) is 0 Å². The number of alkyl halides is 3. The summed E-state index contributed by atoms with van der Waals surface area (Å²) in [6.45, 7) is 14.4. The maximum absolute atomic E-state index is 16.4. The van der Waals surface area contributed by atoms with Gasteiger partial charge in [-0.1, -0.05) is 114 Å². The first-order chi connectivity index (χ1) is 31.8. The summed E-state index contributed by atoms with van der Waals surface area (Å²) >= 11 is 2.98. The van der Waals surface area contributed by atoms with Crippen molar-refractivity contribution in [3.05, 3.63) is 202 Å².